The van der Waals surface area contributed by atoms with Gasteiger partial charge in [-0.25, -0.2) is 4.98 Å². The van der Waals surface area contributed by atoms with E-state index in [1.807, 2.05) is 0 Å². The summed E-state index contributed by atoms with van der Waals surface area (Å²) in [5.74, 6) is -10.1. The van der Waals surface area contributed by atoms with Crippen LogP contribution in [0.3, 0.4) is 0 Å². The number of aromatic nitrogens is 1. The molecule has 5 aliphatic heterocycles. The molecule has 0 spiro atoms. The summed E-state index contributed by atoms with van der Waals surface area (Å²) in [5, 5.41) is 50.5. The number of aliphatic hydroxyl groups excluding tert-OH is 4. The van der Waals surface area contributed by atoms with Crippen LogP contribution < -0.4 is 15.6 Å². The molecule has 6 bridgehead atoms. The van der Waals surface area contributed by atoms with Gasteiger partial charge in [0, 0.05) is 98.8 Å². The molecule has 8 rings (SSSR count). The number of esters is 1. The Morgan fingerprint density at radius 1 is 0.956 bits per heavy atom. The van der Waals surface area contributed by atoms with Gasteiger partial charge in [0.05, 0.1) is 47.7 Å². The highest BCUT2D eigenvalue weighted by atomic mass is 16.7. The van der Waals surface area contributed by atoms with Crippen molar-refractivity contribution in [2.75, 3.05) is 32.1 Å². The lowest BCUT2D eigenvalue weighted by Crippen LogP contribution is -2.60. The lowest BCUT2D eigenvalue weighted by Gasteiger charge is -2.50. The van der Waals surface area contributed by atoms with Crippen molar-refractivity contribution >= 4 is 29.0 Å². The van der Waals surface area contributed by atoms with Crippen LogP contribution in [0.4, 0.5) is 5.69 Å². The van der Waals surface area contributed by atoms with Gasteiger partial charge in [-0.05, 0) is 46.2 Å². The molecule has 4 unspecified atom stereocenters. The third kappa shape index (κ3) is 8.45. The molecule has 0 radical (unpaired) electrons. The summed E-state index contributed by atoms with van der Waals surface area (Å²) in [6.45, 7) is 14.4. The maximum Gasteiger partial charge on any atom is 0.306 e. The second-order valence-electron chi connectivity index (χ2n) is 19.8. The highest BCUT2D eigenvalue weighted by Crippen LogP contribution is 2.56. The van der Waals surface area contributed by atoms with Gasteiger partial charge in [-0.3, -0.25) is 19.2 Å². The predicted octanol–water partition coefficient (Wildman–Crippen LogP) is 5.54. The average molecular weight is 941 g/mol. The number of rotatable bonds is 3. The number of nitrogens with one attached hydrogen (secondary N) is 1. The van der Waals surface area contributed by atoms with Gasteiger partial charge in [-0.2, -0.15) is 0 Å². The fourth-order valence-electron chi connectivity index (χ4n) is 11.2. The first-order valence-corrected chi connectivity index (χ1v) is 23.5. The first-order valence-electron chi connectivity index (χ1n) is 23.5. The minimum atomic E-state index is -1.95. The van der Waals surface area contributed by atoms with Gasteiger partial charge in [0.1, 0.15) is 23.3 Å². The molecule has 3 aliphatic carbocycles. The fourth-order valence-corrected chi connectivity index (χ4v) is 11.2. The number of ether oxygens (including phenoxy) is 4. The zero-order valence-electron chi connectivity index (χ0n) is 40.3. The fraction of sp³-hybridized carbons (Fsp3) is 0.549. The Morgan fingerprint density at radius 3 is 2.31 bits per heavy atom. The lowest BCUT2D eigenvalue weighted by atomic mass is 9.69. The Morgan fingerprint density at radius 2 is 1.65 bits per heavy atom. The minimum Gasteiger partial charge on any atom is -0.509 e. The van der Waals surface area contributed by atoms with Crippen LogP contribution in [0.25, 0.3) is 17.2 Å². The van der Waals surface area contributed by atoms with E-state index in [9.17, 15) is 39.6 Å². The Bertz CT molecular complexity index is 2580. The summed E-state index contributed by atoms with van der Waals surface area (Å²) >= 11 is 0. The SMILES string of the molecule is CO[C@H]1/C=C/O[C@@]2(C)OC3=C(C)C(=O)C4C(O)=C(NC(=O)/C(C)=C\C=C\[C@H](C)[C@H](O)[C@@H](C)[C@@H](O)[C@@H](C)[C@H](OC(C)=O)[C@@H]1C)c1oc5cc(N6C7CCCC6CN(C)C7)cc(=O)c-5nc1C4C3=C2O. The van der Waals surface area contributed by atoms with Gasteiger partial charge < -0.3 is 58.9 Å². The molecule has 1 amide bonds. The van der Waals surface area contributed by atoms with Crippen LogP contribution >= 0.6 is 0 Å². The number of Topliss-reactive ketones (excluding diaryl/α,β-unsaturated/α-hetero) is 1. The molecule has 2 fully saturated rings. The van der Waals surface area contributed by atoms with Crippen molar-refractivity contribution < 1.29 is 58.2 Å². The topological polar surface area (TPSA) is 231 Å². The van der Waals surface area contributed by atoms with Crippen LogP contribution in [0.15, 0.2) is 85.9 Å². The smallest absolute Gasteiger partial charge is 0.306 e. The maximum atomic E-state index is 14.6. The van der Waals surface area contributed by atoms with Crippen LogP contribution in [-0.4, -0.2) is 118 Å². The normalized spacial score (nSPS) is 36.6. The van der Waals surface area contributed by atoms with Gasteiger partial charge in [0.15, 0.2) is 28.8 Å². The van der Waals surface area contributed by atoms with E-state index in [4.69, 9.17) is 28.3 Å². The number of methoxy groups -OCH3 is 1. The predicted molar refractivity (Wildman–Crippen MR) is 250 cm³/mol. The summed E-state index contributed by atoms with van der Waals surface area (Å²) in [4.78, 5) is 64.9. The summed E-state index contributed by atoms with van der Waals surface area (Å²) < 4.78 is 30.8. The van der Waals surface area contributed by atoms with E-state index in [2.05, 4.69) is 22.2 Å². The number of benzene rings is 1. The molecular formula is C51H64N4O13. The highest BCUT2D eigenvalue weighted by molar-refractivity contribution is 6.06. The Kier molecular flexibility index (Phi) is 13.3. The number of likely N-dealkylation sites (tertiary alicyclic amines) is 1. The van der Waals surface area contributed by atoms with Crippen LogP contribution in [0.5, 0.6) is 0 Å². The molecule has 0 aromatic heterocycles. The number of piperazine rings is 1. The molecule has 0 aromatic rings. The van der Waals surface area contributed by atoms with Crippen molar-refractivity contribution in [3.05, 3.63) is 98.4 Å². The number of carbonyl (C=O) groups excluding carboxylic acids is 3. The van der Waals surface area contributed by atoms with Crippen molar-refractivity contribution in [1.82, 2.24) is 15.2 Å². The van der Waals surface area contributed by atoms with E-state index in [1.54, 1.807) is 58.9 Å². The van der Waals surface area contributed by atoms with Crippen LogP contribution in [0, 0.1) is 29.6 Å². The Hall–Kier alpha value is -5.75. The minimum absolute atomic E-state index is 0.00535. The van der Waals surface area contributed by atoms with Crippen LogP contribution in [0.2, 0.25) is 0 Å². The van der Waals surface area contributed by atoms with Crippen molar-refractivity contribution in [2.45, 2.75) is 123 Å². The first kappa shape index (κ1) is 48.7. The molecule has 68 heavy (non-hydrogen) atoms. The Balaban J connectivity index is 1.29. The molecule has 17 heteroatoms. The quantitative estimate of drug-likeness (QED) is 0.238. The number of amides is 1. The molecule has 2 saturated heterocycles. The standard InChI is InChI=1S/C51H64N4O13/c1-23-13-11-14-24(2)50(63)53-41-45(61)37-36(40-48(41)67-35-20-32(19-33(57)39(35)52-40)55-30-15-12-16-31(55)22-54(9)21-30)38-47(28(6)44(37)60)68-51(8,49(38)62)65-18-17-34(64-10)25(3)46(66-29(7)56)27(5)43(59)26(4)42(23)58/h11,13-14,17-20,23,25-27,30-31,34,36-37,42-43,46,58-59,61-62H,12,15-16,21-22H2,1-10H3,(H,53,63)/b13-11+,18-17+,24-14-/t23-,25+,26+,27+,30?,31?,34-,36?,37?,42-,43+,46+,51-/m0/s1. The molecule has 0 saturated carbocycles. The first-order chi connectivity index (χ1) is 32.2. The number of likely N-dealkylation sites (N-methyl/N-ethyl adjacent to an activating group) is 1. The number of allylic oxidation sites excluding steroid dienone is 5. The number of carbonyl (C=O) groups is 3. The number of fused-ring (bicyclic) bond motifs is 4. The zero-order chi connectivity index (χ0) is 49.3. The largest absolute Gasteiger partial charge is 0.509 e. The summed E-state index contributed by atoms with van der Waals surface area (Å²) in [6.07, 6.45) is 6.68. The van der Waals surface area contributed by atoms with E-state index in [1.165, 1.54) is 46.3 Å². The summed E-state index contributed by atoms with van der Waals surface area (Å²) in [5.41, 5.74) is 0.229. The zero-order valence-corrected chi connectivity index (χ0v) is 40.3. The maximum absolute atomic E-state index is 14.6. The van der Waals surface area contributed by atoms with E-state index in [0.717, 1.165) is 32.4 Å². The van der Waals surface area contributed by atoms with Crippen LogP contribution in [0.1, 0.15) is 92.0 Å². The molecule has 366 valence electrons. The second-order valence-corrected chi connectivity index (χ2v) is 19.8. The summed E-state index contributed by atoms with van der Waals surface area (Å²) in [6, 6.07) is 3.65. The van der Waals surface area contributed by atoms with E-state index >= 15 is 0 Å². The lowest BCUT2D eigenvalue weighted by molar-refractivity contribution is -0.160. The third-order valence-corrected chi connectivity index (χ3v) is 15.0. The van der Waals surface area contributed by atoms with Crippen molar-refractivity contribution in [3.8, 4) is 11.5 Å². The second kappa shape index (κ2) is 18.6. The average Bonchev–Trinajstić information content (AvgIpc) is 3.56. The molecule has 0 aromatic carbocycles. The van der Waals surface area contributed by atoms with E-state index in [-0.39, 0.29) is 63.2 Å². The number of aliphatic hydroxyl groups is 4. The number of anilines is 1. The number of ketones is 1. The van der Waals surface area contributed by atoms with Gasteiger partial charge in [-0.15, -0.1) is 0 Å². The van der Waals surface area contributed by atoms with Crippen molar-refractivity contribution in [3.63, 3.8) is 0 Å². The van der Waals surface area contributed by atoms with E-state index in [0.29, 0.717) is 5.69 Å². The Labute approximate surface area is 395 Å². The highest BCUT2D eigenvalue weighted by Gasteiger charge is 2.58. The molecular weight excluding hydrogens is 877 g/mol. The number of hydrogen-bond donors (Lipinski definition) is 5. The van der Waals surface area contributed by atoms with Crippen molar-refractivity contribution in [2.24, 2.45) is 29.6 Å². The van der Waals surface area contributed by atoms with Gasteiger partial charge in [0.2, 0.25) is 5.43 Å². The van der Waals surface area contributed by atoms with Gasteiger partial charge in [-0.1, -0.05) is 45.9 Å². The van der Waals surface area contributed by atoms with Gasteiger partial charge >= 0.3 is 11.8 Å². The summed E-state index contributed by atoms with van der Waals surface area (Å²) in [7, 11) is 3.55. The van der Waals surface area contributed by atoms with Gasteiger partial charge in [0.25, 0.3) is 5.91 Å². The van der Waals surface area contributed by atoms with E-state index < -0.39 is 100 Å². The van der Waals surface area contributed by atoms with Crippen molar-refractivity contribution in [1.29, 1.82) is 0 Å². The number of nitrogens with zero attached hydrogens (tertiary/aromatic N) is 3. The van der Waals surface area contributed by atoms with Crippen LogP contribution in [-0.2, 0) is 33.3 Å². The molecule has 5 heterocycles. The molecule has 17 nitrogen and oxygen atoms in total. The molecule has 5 N–H and O–H groups in total. The molecule has 8 aliphatic rings. The molecule has 13 atom stereocenters. The third-order valence-electron chi connectivity index (χ3n) is 15.0. The monoisotopic (exact) mass is 940 g/mol. The number of hydrogen-bond acceptors (Lipinski definition) is 16. The number of piperidine rings is 1.